The van der Waals surface area contributed by atoms with Crippen LogP contribution in [0.2, 0.25) is 0 Å². The number of halogens is 3. The third-order valence-corrected chi connectivity index (χ3v) is 4.76. The molecule has 112 valence electrons. The number of thioether (sulfide) groups is 1. The maximum absolute atomic E-state index is 13.0. The summed E-state index contributed by atoms with van der Waals surface area (Å²) >= 11 is 4.87. The van der Waals surface area contributed by atoms with Crippen molar-refractivity contribution >= 4 is 27.7 Å². The predicted molar refractivity (Wildman–Crippen MR) is 87.6 cm³/mol. The monoisotopic (exact) mass is 380 g/mol. The van der Waals surface area contributed by atoms with Crippen molar-refractivity contribution in [2.24, 2.45) is 0 Å². The number of hydrogen-bond acceptors (Lipinski definition) is 2. The van der Waals surface area contributed by atoms with Crippen molar-refractivity contribution in [1.29, 1.82) is 0 Å². The molecule has 1 N–H and O–H groups in total. The van der Waals surface area contributed by atoms with Gasteiger partial charge in [0, 0.05) is 10.2 Å². The van der Waals surface area contributed by atoms with Crippen LogP contribution < -0.4 is 0 Å². The molecule has 0 saturated heterocycles. The van der Waals surface area contributed by atoms with E-state index in [1.807, 2.05) is 0 Å². The SMILES string of the molecule is Fc1ccc(-c2cnc(SCc3ccc(F)cc3Br)[nH]2)cc1. The van der Waals surface area contributed by atoms with Crippen LogP contribution in [-0.4, -0.2) is 9.97 Å². The number of aromatic nitrogens is 2. The lowest BCUT2D eigenvalue weighted by molar-refractivity contribution is 0.626. The van der Waals surface area contributed by atoms with Gasteiger partial charge in [0.1, 0.15) is 11.6 Å². The maximum Gasteiger partial charge on any atom is 0.166 e. The quantitative estimate of drug-likeness (QED) is 0.613. The molecular weight excluding hydrogens is 370 g/mol. The molecule has 0 bridgehead atoms. The predicted octanol–water partition coefficient (Wildman–Crippen LogP) is 5.41. The van der Waals surface area contributed by atoms with Crippen molar-refractivity contribution in [3.05, 3.63) is 70.3 Å². The second-order valence-corrected chi connectivity index (χ2v) is 6.45. The molecule has 6 heteroatoms. The largest absolute Gasteiger partial charge is 0.333 e. The Labute approximate surface area is 139 Å². The Balaban J connectivity index is 1.70. The van der Waals surface area contributed by atoms with Crippen LogP contribution in [0.3, 0.4) is 0 Å². The molecule has 2 aromatic carbocycles. The summed E-state index contributed by atoms with van der Waals surface area (Å²) in [5.41, 5.74) is 2.70. The maximum atomic E-state index is 13.0. The minimum Gasteiger partial charge on any atom is -0.333 e. The fourth-order valence-corrected chi connectivity index (χ4v) is 3.47. The molecule has 0 unspecified atom stereocenters. The van der Waals surface area contributed by atoms with Crippen LogP contribution in [0, 0.1) is 11.6 Å². The lowest BCUT2D eigenvalue weighted by Gasteiger charge is -2.03. The highest BCUT2D eigenvalue weighted by molar-refractivity contribution is 9.10. The summed E-state index contributed by atoms with van der Waals surface area (Å²) in [5.74, 6) is 0.133. The molecule has 0 aliphatic carbocycles. The summed E-state index contributed by atoms with van der Waals surface area (Å²) in [6, 6.07) is 10.9. The Morgan fingerprint density at radius 1 is 1.05 bits per heavy atom. The number of aromatic amines is 1. The van der Waals surface area contributed by atoms with Gasteiger partial charge in [-0.1, -0.05) is 33.8 Å². The molecule has 1 aromatic heterocycles. The van der Waals surface area contributed by atoms with Crippen molar-refractivity contribution < 1.29 is 8.78 Å². The van der Waals surface area contributed by atoms with Gasteiger partial charge in [0.25, 0.3) is 0 Å². The highest BCUT2D eigenvalue weighted by atomic mass is 79.9. The van der Waals surface area contributed by atoms with Crippen LogP contribution in [0.1, 0.15) is 5.56 Å². The van der Waals surface area contributed by atoms with E-state index >= 15 is 0 Å². The molecule has 22 heavy (non-hydrogen) atoms. The second-order valence-electron chi connectivity index (χ2n) is 4.63. The molecule has 0 spiro atoms. The Kier molecular flexibility index (Phi) is 4.59. The zero-order chi connectivity index (χ0) is 15.5. The van der Waals surface area contributed by atoms with E-state index in [0.29, 0.717) is 5.75 Å². The summed E-state index contributed by atoms with van der Waals surface area (Å²) in [6.07, 6.45) is 1.72. The van der Waals surface area contributed by atoms with E-state index in [9.17, 15) is 8.78 Å². The second kappa shape index (κ2) is 6.62. The van der Waals surface area contributed by atoms with Gasteiger partial charge in [0.05, 0.1) is 11.9 Å². The number of rotatable bonds is 4. The molecule has 1 heterocycles. The number of nitrogens with one attached hydrogen (secondary N) is 1. The van der Waals surface area contributed by atoms with Crippen molar-refractivity contribution in [3.8, 4) is 11.3 Å². The molecule has 0 atom stereocenters. The molecule has 0 aliphatic heterocycles. The topological polar surface area (TPSA) is 28.7 Å². The lowest BCUT2D eigenvalue weighted by atomic mass is 10.2. The van der Waals surface area contributed by atoms with E-state index in [1.165, 1.54) is 36.0 Å². The Morgan fingerprint density at radius 2 is 1.77 bits per heavy atom. The van der Waals surface area contributed by atoms with Crippen molar-refractivity contribution in [2.45, 2.75) is 10.9 Å². The van der Waals surface area contributed by atoms with Gasteiger partial charge in [-0.15, -0.1) is 0 Å². The van der Waals surface area contributed by atoms with Crippen molar-refractivity contribution in [1.82, 2.24) is 9.97 Å². The smallest absolute Gasteiger partial charge is 0.166 e. The molecule has 0 radical (unpaired) electrons. The van der Waals surface area contributed by atoms with Crippen molar-refractivity contribution in [3.63, 3.8) is 0 Å². The molecule has 3 aromatic rings. The first-order chi connectivity index (χ1) is 10.6. The molecular formula is C16H11BrF2N2S. The van der Waals surface area contributed by atoms with Gasteiger partial charge >= 0.3 is 0 Å². The number of imidazole rings is 1. The van der Waals surface area contributed by atoms with Crippen LogP contribution in [0.5, 0.6) is 0 Å². The van der Waals surface area contributed by atoms with Crippen molar-refractivity contribution in [2.75, 3.05) is 0 Å². The third-order valence-electron chi connectivity index (χ3n) is 3.09. The zero-order valence-corrected chi connectivity index (χ0v) is 13.7. The summed E-state index contributed by atoms with van der Waals surface area (Å²) in [6.45, 7) is 0. The minimum absolute atomic E-state index is 0.265. The van der Waals surface area contributed by atoms with Gasteiger partial charge in [0.15, 0.2) is 5.16 Å². The fraction of sp³-hybridized carbons (Fsp3) is 0.0625. The molecule has 0 fully saturated rings. The Morgan fingerprint density at radius 3 is 2.50 bits per heavy atom. The van der Waals surface area contributed by atoms with E-state index in [2.05, 4.69) is 25.9 Å². The number of nitrogens with zero attached hydrogens (tertiary/aromatic N) is 1. The molecule has 2 nitrogen and oxygen atoms in total. The molecule has 0 saturated carbocycles. The van der Waals surface area contributed by atoms with E-state index in [0.717, 1.165) is 26.4 Å². The lowest BCUT2D eigenvalue weighted by Crippen LogP contribution is -1.86. The van der Waals surface area contributed by atoms with Crippen LogP contribution in [0.25, 0.3) is 11.3 Å². The Hall–Kier alpha value is -1.66. The van der Waals surface area contributed by atoms with Crippen LogP contribution in [0.15, 0.2) is 58.3 Å². The molecule has 0 aliphatic rings. The standard InChI is InChI=1S/C16H11BrF2N2S/c17-14-7-13(19)6-3-11(14)9-22-16-20-8-15(21-16)10-1-4-12(18)5-2-10/h1-8H,9H2,(H,20,21). The summed E-state index contributed by atoms with van der Waals surface area (Å²) in [5, 5.41) is 0.760. The van der Waals surface area contributed by atoms with Gasteiger partial charge in [-0.3, -0.25) is 0 Å². The van der Waals surface area contributed by atoms with Gasteiger partial charge in [0.2, 0.25) is 0 Å². The first-order valence-corrected chi connectivity index (χ1v) is 8.27. The van der Waals surface area contributed by atoms with Crippen LogP contribution >= 0.6 is 27.7 Å². The number of benzene rings is 2. The first-order valence-electron chi connectivity index (χ1n) is 6.49. The molecule has 0 amide bonds. The summed E-state index contributed by atoms with van der Waals surface area (Å²) < 4.78 is 26.7. The average molecular weight is 381 g/mol. The Bertz CT molecular complexity index is 787. The minimum atomic E-state index is -0.266. The number of H-pyrrole nitrogens is 1. The van der Waals surface area contributed by atoms with E-state index in [1.54, 1.807) is 24.4 Å². The van der Waals surface area contributed by atoms with Crippen LogP contribution in [-0.2, 0) is 5.75 Å². The summed E-state index contributed by atoms with van der Waals surface area (Å²) in [4.78, 5) is 7.49. The highest BCUT2D eigenvalue weighted by Crippen LogP contribution is 2.27. The first kappa shape index (κ1) is 15.2. The normalized spacial score (nSPS) is 10.9. The fourth-order valence-electron chi connectivity index (χ4n) is 1.94. The average Bonchev–Trinajstić information content (AvgIpc) is 2.96. The van der Waals surface area contributed by atoms with Gasteiger partial charge in [-0.25, -0.2) is 13.8 Å². The summed E-state index contributed by atoms with van der Waals surface area (Å²) in [7, 11) is 0. The van der Waals surface area contributed by atoms with E-state index < -0.39 is 0 Å². The van der Waals surface area contributed by atoms with Gasteiger partial charge in [-0.05, 0) is 47.5 Å². The van der Waals surface area contributed by atoms with Gasteiger partial charge < -0.3 is 4.98 Å². The zero-order valence-electron chi connectivity index (χ0n) is 11.3. The van der Waals surface area contributed by atoms with E-state index in [4.69, 9.17) is 0 Å². The number of hydrogen-bond donors (Lipinski definition) is 1. The third kappa shape index (κ3) is 3.56. The molecule has 3 rings (SSSR count). The van der Waals surface area contributed by atoms with Crippen LogP contribution in [0.4, 0.5) is 8.78 Å². The van der Waals surface area contributed by atoms with Gasteiger partial charge in [-0.2, -0.15) is 0 Å². The highest BCUT2D eigenvalue weighted by Gasteiger charge is 2.07. The van der Waals surface area contributed by atoms with E-state index in [-0.39, 0.29) is 11.6 Å².